The molecule has 5 heteroatoms. The SMILES string of the molecule is O=CC(O)C(O)CO.S. The average Bonchev–Trinajstić information content (AvgIpc) is 1.84. The summed E-state index contributed by atoms with van der Waals surface area (Å²) in [6.45, 7) is -0.597. The monoisotopic (exact) mass is 154 g/mol. The lowest BCUT2D eigenvalue weighted by Gasteiger charge is -2.06. The second kappa shape index (κ2) is 6.03. The van der Waals surface area contributed by atoms with Crippen LogP contribution in [0.1, 0.15) is 0 Å². The fraction of sp³-hybridized carbons (Fsp3) is 0.750. The standard InChI is InChI=1S/C4H8O4.H2S/c5-1-3(7)4(8)2-6;/h1,3-4,6-8H,2H2;1H2. The van der Waals surface area contributed by atoms with Gasteiger partial charge in [0.05, 0.1) is 6.61 Å². The van der Waals surface area contributed by atoms with Gasteiger partial charge < -0.3 is 20.1 Å². The maximum absolute atomic E-state index is 9.58. The van der Waals surface area contributed by atoms with E-state index in [0.717, 1.165) is 0 Å². The molecule has 3 N–H and O–H groups in total. The molecule has 0 rings (SSSR count). The Kier molecular flexibility index (Phi) is 7.81. The summed E-state index contributed by atoms with van der Waals surface area (Å²) in [6.07, 6.45) is -2.63. The Hall–Kier alpha value is -0.100. The van der Waals surface area contributed by atoms with Crippen LogP contribution in [0.4, 0.5) is 0 Å². The lowest BCUT2D eigenvalue weighted by molar-refractivity contribution is -0.121. The van der Waals surface area contributed by atoms with Crippen LogP contribution >= 0.6 is 13.5 Å². The molecular formula is C4H10O4S. The zero-order valence-electron chi connectivity index (χ0n) is 4.69. The van der Waals surface area contributed by atoms with Crippen LogP contribution in [0, 0.1) is 0 Å². The molecule has 0 aromatic rings. The molecule has 0 aliphatic heterocycles. The molecule has 0 saturated carbocycles. The number of aliphatic hydroxyl groups excluding tert-OH is 3. The van der Waals surface area contributed by atoms with Gasteiger partial charge >= 0.3 is 0 Å². The van der Waals surface area contributed by atoms with Gasteiger partial charge in [-0.2, -0.15) is 13.5 Å². The van der Waals surface area contributed by atoms with E-state index in [9.17, 15) is 4.79 Å². The van der Waals surface area contributed by atoms with Crippen molar-refractivity contribution in [2.75, 3.05) is 6.61 Å². The number of hydrogen-bond donors (Lipinski definition) is 3. The largest absolute Gasteiger partial charge is 0.394 e. The first kappa shape index (κ1) is 11.7. The minimum absolute atomic E-state index is 0. The van der Waals surface area contributed by atoms with Gasteiger partial charge in [0.2, 0.25) is 0 Å². The van der Waals surface area contributed by atoms with Gasteiger partial charge in [0, 0.05) is 0 Å². The molecule has 9 heavy (non-hydrogen) atoms. The highest BCUT2D eigenvalue weighted by Crippen LogP contribution is 1.85. The maximum atomic E-state index is 9.58. The van der Waals surface area contributed by atoms with Crippen molar-refractivity contribution in [3.8, 4) is 0 Å². The molecule has 0 spiro atoms. The molecule has 0 heterocycles. The zero-order valence-corrected chi connectivity index (χ0v) is 5.69. The first-order chi connectivity index (χ1) is 3.72. The Labute approximate surface area is 59.6 Å². The van der Waals surface area contributed by atoms with Crippen LogP contribution in [0.15, 0.2) is 0 Å². The van der Waals surface area contributed by atoms with Crippen LogP contribution in [0.5, 0.6) is 0 Å². The van der Waals surface area contributed by atoms with Crippen LogP contribution in [0.3, 0.4) is 0 Å². The van der Waals surface area contributed by atoms with E-state index in [2.05, 4.69) is 0 Å². The van der Waals surface area contributed by atoms with E-state index < -0.39 is 18.8 Å². The average molecular weight is 154 g/mol. The van der Waals surface area contributed by atoms with E-state index >= 15 is 0 Å². The first-order valence-corrected chi connectivity index (χ1v) is 2.14. The maximum Gasteiger partial charge on any atom is 0.151 e. The van der Waals surface area contributed by atoms with Crippen LogP contribution < -0.4 is 0 Å². The molecular weight excluding hydrogens is 144 g/mol. The summed E-state index contributed by atoms with van der Waals surface area (Å²) in [6, 6.07) is 0. The van der Waals surface area contributed by atoms with E-state index in [1.807, 2.05) is 0 Å². The van der Waals surface area contributed by atoms with Gasteiger partial charge in [0.15, 0.2) is 6.29 Å². The fourth-order valence-electron chi connectivity index (χ4n) is 0.199. The molecule has 0 aliphatic carbocycles. The highest BCUT2D eigenvalue weighted by atomic mass is 32.1. The van der Waals surface area contributed by atoms with E-state index in [0.29, 0.717) is 0 Å². The molecule has 0 aliphatic rings. The Morgan fingerprint density at radius 2 is 1.89 bits per heavy atom. The zero-order chi connectivity index (χ0) is 6.57. The van der Waals surface area contributed by atoms with Crippen molar-refractivity contribution in [3.63, 3.8) is 0 Å². The van der Waals surface area contributed by atoms with Crippen molar-refractivity contribution in [1.82, 2.24) is 0 Å². The smallest absolute Gasteiger partial charge is 0.151 e. The first-order valence-electron chi connectivity index (χ1n) is 2.14. The molecule has 2 atom stereocenters. The summed E-state index contributed by atoms with van der Waals surface area (Å²) in [5.41, 5.74) is 0. The number of carbonyl (C=O) groups is 1. The summed E-state index contributed by atoms with van der Waals surface area (Å²) in [5.74, 6) is 0. The Bertz CT molecular complexity index is 77.0. The highest BCUT2D eigenvalue weighted by molar-refractivity contribution is 7.59. The molecule has 0 amide bonds. The second-order valence-electron chi connectivity index (χ2n) is 1.38. The predicted molar refractivity (Wildman–Crippen MR) is 35.5 cm³/mol. The molecule has 0 radical (unpaired) electrons. The van der Waals surface area contributed by atoms with Crippen molar-refractivity contribution in [3.05, 3.63) is 0 Å². The van der Waals surface area contributed by atoms with E-state index in [4.69, 9.17) is 15.3 Å². The Morgan fingerprint density at radius 1 is 1.44 bits per heavy atom. The minimum atomic E-state index is -1.46. The van der Waals surface area contributed by atoms with Gasteiger partial charge in [-0.15, -0.1) is 0 Å². The van der Waals surface area contributed by atoms with E-state index in [-0.39, 0.29) is 19.8 Å². The van der Waals surface area contributed by atoms with Crippen LogP contribution in [0.2, 0.25) is 0 Å². The number of aliphatic hydroxyl groups is 3. The molecule has 4 nitrogen and oxygen atoms in total. The molecule has 0 aromatic carbocycles. The second-order valence-corrected chi connectivity index (χ2v) is 1.38. The van der Waals surface area contributed by atoms with Gasteiger partial charge in [-0.1, -0.05) is 0 Å². The Balaban J connectivity index is 0. The summed E-state index contributed by atoms with van der Waals surface area (Å²) in [4.78, 5) is 9.58. The number of rotatable bonds is 3. The number of hydrogen-bond acceptors (Lipinski definition) is 4. The lowest BCUT2D eigenvalue weighted by Crippen LogP contribution is -2.30. The fourth-order valence-corrected chi connectivity index (χ4v) is 0.199. The summed E-state index contributed by atoms with van der Waals surface area (Å²) >= 11 is 0. The third-order valence-electron chi connectivity index (χ3n) is 0.721. The summed E-state index contributed by atoms with van der Waals surface area (Å²) < 4.78 is 0. The third-order valence-corrected chi connectivity index (χ3v) is 0.721. The van der Waals surface area contributed by atoms with Gasteiger partial charge in [0.25, 0.3) is 0 Å². The lowest BCUT2D eigenvalue weighted by atomic mass is 10.2. The minimum Gasteiger partial charge on any atom is -0.394 e. The summed E-state index contributed by atoms with van der Waals surface area (Å²) in [5, 5.41) is 24.8. The molecule has 56 valence electrons. The van der Waals surface area contributed by atoms with Crippen molar-refractivity contribution >= 4 is 19.8 Å². The summed E-state index contributed by atoms with van der Waals surface area (Å²) in [7, 11) is 0. The third kappa shape index (κ3) is 4.41. The van der Waals surface area contributed by atoms with Gasteiger partial charge in [-0.05, 0) is 0 Å². The van der Waals surface area contributed by atoms with Crippen LogP contribution in [-0.4, -0.2) is 40.4 Å². The topological polar surface area (TPSA) is 77.8 Å². The number of carbonyl (C=O) groups excluding carboxylic acids is 1. The quantitative estimate of drug-likeness (QED) is 0.411. The Morgan fingerprint density at radius 3 is 2.00 bits per heavy atom. The van der Waals surface area contributed by atoms with Gasteiger partial charge in [-0.3, -0.25) is 0 Å². The van der Waals surface area contributed by atoms with E-state index in [1.165, 1.54) is 0 Å². The van der Waals surface area contributed by atoms with Gasteiger partial charge in [0.1, 0.15) is 12.2 Å². The highest BCUT2D eigenvalue weighted by Gasteiger charge is 2.12. The molecule has 2 unspecified atom stereocenters. The predicted octanol–water partition coefficient (Wildman–Crippen LogP) is -1.99. The van der Waals surface area contributed by atoms with Crippen molar-refractivity contribution in [2.24, 2.45) is 0 Å². The van der Waals surface area contributed by atoms with Crippen molar-refractivity contribution in [2.45, 2.75) is 12.2 Å². The van der Waals surface area contributed by atoms with E-state index in [1.54, 1.807) is 0 Å². The molecule has 0 saturated heterocycles. The molecule has 0 bridgehead atoms. The van der Waals surface area contributed by atoms with Crippen LogP contribution in [-0.2, 0) is 4.79 Å². The normalized spacial score (nSPS) is 15.4. The van der Waals surface area contributed by atoms with Crippen molar-refractivity contribution < 1.29 is 20.1 Å². The van der Waals surface area contributed by atoms with Crippen molar-refractivity contribution in [1.29, 1.82) is 0 Å². The van der Waals surface area contributed by atoms with Gasteiger partial charge in [-0.25, -0.2) is 0 Å². The van der Waals surface area contributed by atoms with Crippen LogP contribution in [0.25, 0.3) is 0 Å². The molecule has 0 fully saturated rings. The molecule has 0 aromatic heterocycles. The number of aldehydes is 1.